The minimum atomic E-state index is -0.169. The third-order valence-corrected chi connectivity index (χ3v) is 2.23. The van der Waals surface area contributed by atoms with Gasteiger partial charge in [-0.3, -0.25) is 0 Å². The van der Waals surface area contributed by atoms with Crippen molar-refractivity contribution in [2.45, 2.75) is 13.8 Å². The van der Waals surface area contributed by atoms with Gasteiger partial charge in [0.2, 0.25) is 0 Å². The highest BCUT2D eigenvalue weighted by molar-refractivity contribution is 5.11. The van der Waals surface area contributed by atoms with Gasteiger partial charge in [0, 0.05) is 6.07 Å². The number of aryl methyl sites for hydroxylation is 3. The third-order valence-electron chi connectivity index (χ3n) is 2.23. The normalized spacial score (nSPS) is 9.25. The number of benzene rings is 1. The summed E-state index contributed by atoms with van der Waals surface area (Å²) in [7, 11) is 1.68. The summed E-state index contributed by atoms with van der Waals surface area (Å²) in [6.45, 7) is 3.83. The Balaban J connectivity index is 0.000000165. The summed E-state index contributed by atoms with van der Waals surface area (Å²) >= 11 is 0. The van der Waals surface area contributed by atoms with Crippen LogP contribution >= 0.6 is 0 Å². The van der Waals surface area contributed by atoms with E-state index in [1.54, 1.807) is 26.2 Å². The van der Waals surface area contributed by atoms with Gasteiger partial charge in [-0.2, -0.15) is 4.57 Å². The zero-order chi connectivity index (χ0) is 12.0. The van der Waals surface area contributed by atoms with Gasteiger partial charge in [-0.15, -0.1) is 4.39 Å². The highest BCUT2D eigenvalue weighted by atomic mass is 19.1. The molecule has 1 nitrogen and oxygen atoms in total. The van der Waals surface area contributed by atoms with Gasteiger partial charge in [-0.1, -0.05) is 35.9 Å². The summed E-state index contributed by atoms with van der Waals surface area (Å²) in [5.41, 5.74) is 2.00. The molecule has 0 radical (unpaired) electrons. The number of aromatic nitrogens is 1. The molecule has 0 aliphatic rings. The quantitative estimate of drug-likeness (QED) is 0.473. The van der Waals surface area contributed by atoms with E-state index in [0.717, 1.165) is 0 Å². The maximum Gasteiger partial charge on any atom is 0.362 e. The molecule has 0 aliphatic carbocycles. The van der Waals surface area contributed by atoms with Crippen molar-refractivity contribution in [2.75, 3.05) is 0 Å². The average molecular weight is 218 g/mol. The van der Waals surface area contributed by atoms with E-state index in [9.17, 15) is 4.39 Å². The van der Waals surface area contributed by atoms with Gasteiger partial charge < -0.3 is 0 Å². The highest BCUT2D eigenvalue weighted by Crippen LogP contribution is 1.96. The Bertz CT molecular complexity index is 417. The lowest BCUT2D eigenvalue weighted by atomic mass is 10.2. The van der Waals surface area contributed by atoms with Crippen LogP contribution in [-0.4, -0.2) is 0 Å². The summed E-state index contributed by atoms with van der Waals surface area (Å²) in [4.78, 5) is 0. The first-order valence-electron chi connectivity index (χ1n) is 5.23. The first-order valence-corrected chi connectivity index (χ1v) is 5.23. The van der Waals surface area contributed by atoms with E-state index in [2.05, 4.69) is 19.1 Å². The lowest BCUT2D eigenvalue weighted by molar-refractivity contribution is -0.700. The molecule has 1 aromatic heterocycles. The van der Waals surface area contributed by atoms with Gasteiger partial charge in [0.05, 0.1) is 5.56 Å². The molecule has 0 amide bonds. The molecule has 0 unspecified atom stereocenters. The summed E-state index contributed by atoms with van der Waals surface area (Å²) in [5, 5.41) is 0. The molecule has 2 rings (SSSR count). The van der Waals surface area contributed by atoms with Crippen molar-refractivity contribution in [3.8, 4) is 0 Å². The van der Waals surface area contributed by atoms with Crippen molar-refractivity contribution in [1.29, 1.82) is 0 Å². The van der Waals surface area contributed by atoms with Crippen LogP contribution in [0.5, 0.6) is 0 Å². The van der Waals surface area contributed by atoms with Crippen molar-refractivity contribution in [1.82, 2.24) is 0 Å². The fourth-order valence-electron chi connectivity index (χ4n) is 1.26. The van der Waals surface area contributed by atoms with Crippen LogP contribution in [0.2, 0.25) is 0 Å². The van der Waals surface area contributed by atoms with Crippen LogP contribution in [0.15, 0.2) is 48.7 Å². The Kier molecular flexibility index (Phi) is 4.65. The summed E-state index contributed by atoms with van der Waals surface area (Å²) < 4.78 is 14.1. The van der Waals surface area contributed by atoms with Gasteiger partial charge in [-0.05, 0) is 19.9 Å². The second-order valence-electron chi connectivity index (χ2n) is 3.75. The van der Waals surface area contributed by atoms with E-state index in [4.69, 9.17) is 0 Å². The average Bonchev–Trinajstić information content (AvgIpc) is 2.28. The molecule has 0 saturated carbocycles. The van der Waals surface area contributed by atoms with Gasteiger partial charge >= 0.3 is 5.95 Å². The summed E-state index contributed by atoms with van der Waals surface area (Å²) in [6.07, 6.45) is 1.68. The number of halogens is 1. The van der Waals surface area contributed by atoms with E-state index in [-0.39, 0.29) is 5.95 Å². The monoisotopic (exact) mass is 218 g/mol. The lowest BCUT2D eigenvalue weighted by Gasteiger charge is -1.90. The van der Waals surface area contributed by atoms with Crippen molar-refractivity contribution in [3.05, 3.63) is 65.7 Å². The maximum absolute atomic E-state index is 12.7. The zero-order valence-corrected chi connectivity index (χ0v) is 9.94. The van der Waals surface area contributed by atoms with E-state index < -0.39 is 0 Å². The number of nitrogens with zero attached hydrogens (tertiary/aromatic N) is 1. The van der Waals surface area contributed by atoms with Crippen LogP contribution in [0.3, 0.4) is 0 Å². The molecule has 16 heavy (non-hydrogen) atoms. The lowest BCUT2D eigenvalue weighted by Crippen LogP contribution is -2.32. The topological polar surface area (TPSA) is 3.88 Å². The number of hydrogen-bond donors (Lipinski definition) is 0. The van der Waals surface area contributed by atoms with Gasteiger partial charge in [0.25, 0.3) is 0 Å². The first kappa shape index (κ1) is 12.4. The van der Waals surface area contributed by atoms with Crippen LogP contribution in [-0.2, 0) is 7.05 Å². The van der Waals surface area contributed by atoms with Crippen LogP contribution in [0.1, 0.15) is 11.1 Å². The predicted molar refractivity (Wildman–Crippen MR) is 63.5 cm³/mol. The van der Waals surface area contributed by atoms with Crippen molar-refractivity contribution >= 4 is 0 Å². The Morgan fingerprint density at radius 3 is 1.94 bits per heavy atom. The molecule has 1 heterocycles. The first-order chi connectivity index (χ1) is 7.61. The number of pyridine rings is 1. The molecule has 2 aromatic rings. The van der Waals surface area contributed by atoms with E-state index in [1.807, 2.05) is 24.3 Å². The molecule has 0 bridgehead atoms. The fourth-order valence-corrected chi connectivity index (χ4v) is 1.26. The maximum atomic E-state index is 12.7. The zero-order valence-electron chi connectivity index (χ0n) is 9.94. The summed E-state index contributed by atoms with van der Waals surface area (Å²) in [6, 6.07) is 13.8. The second kappa shape index (κ2) is 6.01. The Morgan fingerprint density at radius 2 is 1.56 bits per heavy atom. The minimum Gasteiger partial charge on any atom is -0.176 e. The Labute approximate surface area is 96.2 Å². The van der Waals surface area contributed by atoms with Crippen LogP contribution in [0, 0.1) is 19.8 Å². The summed E-state index contributed by atoms with van der Waals surface area (Å²) in [5.74, 6) is -0.169. The van der Waals surface area contributed by atoms with Crippen molar-refractivity contribution in [2.24, 2.45) is 7.05 Å². The SMILES string of the molecule is Cc1ccc[n+](C)c1F.Cc1ccccc1. The van der Waals surface area contributed by atoms with Gasteiger partial charge in [0.1, 0.15) is 7.05 Å². The molecule has 1 aromatic carbocycles. The molecule has 0 aliphatic heterocycles. The van der Waals surface area contributed by atoms with Crippen LogP contribution in [0.25, 0.3) is 0 Å². The fraction of sp³-hybridized carbons (Fsp3) is 0.214. The molecule has 0 saturated heterocycles. The number of rotatable bonds is 0. The molecular formula is C14H17FN+. The highest BCUT2D eigenvalue weighted by Gasteiger charge is 2.05. The Hall–Kier alpha value is -1.70. The molecule has 0 atom stereocenters. The molecule has 84 valence electrons. The van der Waals surface area contributed by atoms with Crippen molar-refractivity contribution < 1.29 is 8.96 Å². The van der Waals surface area contributed by atoms with Crippen molar-refractivity contribution in [3.63, 3.8) is 0 Å². The molecular weight excluding hydrogens is 201 g/mol. The van der Waals surface area contributed by atoms with Crippen LogP contribution < -0.4 is 4.57 Å². The Morgan fingerprint density at radius 1 is 0.938 bits per heavy atom. The second-order valence-corrected chi connectivity index (χ2v) is 3.75. The molecule has 2 heteroatoms. The van der Waals surface area contributed by atoms with Crippen LogP contribution in [0.4, 0.5) is 4.39 Å². The predicted octanol–water partition coefficient (Wildman–Crippen LogP) is 2.95. The van der Waals surface area contributed by atoms with E-state index >= 15 is 0 Å². The molecule has 0 N–H and O–H groups in total. The smallest absolute Gasteiger partial charge is 0.176 e. The largest absolute Gasteiger partial charge is 0.362 e. The van der Waals surface area contributed by atoms with E-state index in [1.165, 1.54) is 10.1 Å². The number of hydrogen-bond acceptors (Lipinski definition) is 0. The third kappa shape index (κ3) is 3.81. The minimum absolute atomic E-state index is 0.169. The molecule has 0 fully saturated rings. The van der Waals surface area contributed by atoms with Gasteiger partial charge in [-0.25, -0.2) is 0 Å². The van der Waals surface area contributed by atoms with Gasteiger partial charge in [0.15, 0.2) is 6.20 Å². The van der Waals surface area contributed by atoms with E-state index in [0.29, 0.717) is 5.56 Å². The standard InChI is InChI=1S/C7H9FN.C7H8/c1-6-4-3-5-9(2)7(6)8;1-7-5-3-2-4-6-7/h3-5H,1-2H3;2-6H,1H3/q+1;. The molecule has 0 spiro atoms.